The summed E-state index contributed by atoms with van der Waals surface area (Å²) in [5.74, 6) is 0.0916. The van der Waals surface area contributed by atoms with Gasteiger partial charge in [0.15, 0.2) is 11.5 Å². The molecule has 0 radical (unpaired) electrons. The number of aromatic nitrogens is 2. The number of anilines is 1. The largest absolute Gasteiger partial charge is 0.396 e. The molecule has 1 rings (SSSR count). The van der Waals surface area contributed by atoms with Gasteiger partial charge in [-0.1, -0.05) is 0 Å². The molecule has 1 amide bonds. The Morgan fingerprint density at radius 2 is 2.18 bits per heavy atom. The summed E-state index contributed by atoms with van der Waals surface area (Å²) in [5, 5.41) is 16.6. The van der Waals surface area contributed by atoms with Crippen LogP contribution in [0.2, 0.25) is 0 Å². The molecule has 0 spiro atoms. The molecule has 0 fully saturated rings. The first kappa shape index (κ1) is 13.4. The van der Waals surface area contributed by atoms with Crippen LogP contribution in [0, 0.1) is 0 Å². The molecule has 0 aliphatic heterocycles. The number of aliphatic hydroxyl groups excluding tert-OH is 1. The average molecular weight is 238 g/mol. The van der Waals surface area contributed by atoms with Gasteiger partial charge in [-0.15, -0.1) is 10.2 Å². The van der Waals surface area contributed by atoms with Gasteiger partial charge in [-0.3, -0.25) is 4.79 Å². The number of hydrogen-bond acceptors (Lipinski definition) is 5. The molecule has 0 unspecified atom stereocenters. The van der Waals surface area contributed by atoms with Crippen molar-refractivity contribution in [3.05, 3.63) is 17.8 Å². The number of carbonyl (C=O) groups excluding carboxylic acids is 1. The molecule has 94 valence electrons. The summed E-state index contributed by atoms with van der Waals surface area (Å²) < 4.78 is 0. The molecule has 3 N–H and O–H groups in total. The Morgan fingerprint density at radius 3 is 2.59 bits per heavy atom. The normalized spacial score (nSPS) is 10.6. The summed E-state index contributed by atoms with van der Waals surface area (Å²) >= 11 is 0. The van der Waals surface area contributed by atoms with Crippen molar-refractivity contribution < 1.29 is 9.90 Å². The highest BCUT2D eigenvalue weighted by atomic mass is 16.3. The Hall–Kier alpha value is -1.69. The highest BCUT2D eigenvalue weighted by Crippen LogP contribution is 2.13. The average Bonchev–Trinajstić information content (AvgIpc) is 2.29. The van der Waals surface area contributed by atoms with Gasteiger partial charge in [0.25, 0.3) is 5.91 Å². The molecule has 0 aliphatic carbocycles. The van der Waals surface area contributed by atoms with Crippen molar-refractivity contribution in [3.8, 4) is 0 Å². The van der Waals surface area contributed by atoms with Gasteiger partial charge >= 0.3 is 0 Å². The second kappa shape index (κ2) is 6.15. The molecule has 0 bridgehead atoms. The fourth-order valence-corrected chi connectivity index (χ4v) is 1.49. The van der Waals surface area contributed by atoms with Gasteiger partial charge in [0.1, 0.15) is 0 Å². The van der Waals surface area contributed by atoms with Crippen LogP contribution in [0.3, 0.4) is 0 Å². The van der Waals surface area contributed by atoms with E-state index >= 15 is 0 Å². The monoisotopic (exact) mass is 238 g/mol. The number of primary amides is 1. The second-order valence-corrected chi connectivity index (χ2v) is 4.01. The number of amides is 1. The van der Waals surface area contributed by atoms with Crippen molar-refractivity contribution >= 4 is 11.7 Å². The Kier molecular flexibility index (Phi) is 4.84. The zero-order valence-electron chi connectivity index (χ0n) is 10.1. The van der Waals surface area contributed by atoms with Gasteiger partial charge in [0.05, 0.1) is 0 Å². The standard InChI is InChI=1S/C11H18N4O2/c1-8(2)15(6-3-7-16)10-5-4-9(11(12)17)13-14-10/h4-5,8,16H,3,6-7H2,1-2H3,(H2,12,17). The highest BCUT2D eigenvalue weighted by molar-refractivity contribution is 5.90. The van der Waals surface area contributed by atoms with Crippen LogP contribution in [0.15, 0.2) is 12.1 Å². The lowest BCUT2D eigenvalue weighted by Crippen LogP contribution is -2.33. The van der Waals surface area contributed by atoms with Crippen LogP contribution in [0.4, 0.5) is 5.82 Å². The lowest BCUT2D eigenvalue weighted by atomic mass is 10.2. The predicted octanol–water partition coefficient (Wildman–Crippen LogP) is 0.173. The number of nitrogens with zero attached hydrogens (tertiary/aromatic N) is 3. The summed E-state index contributed by atoms with van der Waals surface area (Å²) in [6.07, 6.45) is 0.664. The van der Waals surface area contributed by atoms with E-state index < -0.39 is 5.91 Å². The van der Waals surface area contributed by atoms with E-state index in [-0.39, 0.29) is 18.3 Å². The van der Waals surface area contributed by atoms with Crippen molar-refractivity contribution in [2.45, 2.75) is 26.3 Å². The summed E-state index contributed by atoms with van der Waals surface area (Å²) in [6, 6.07) is 3.51. The van der Waals surface area contributed by atoms with Gasteiger partial charge < -0.3 is 15.7 Å². The van der Waals surface area contributed by atoms with Gasteiger partial charge in [0, 0.05) is 19.2 Å². The fraction of sp³-hybridized carbons (Fsp3) is 0.545. The molecule has 0 saturated heterocycles. The molecule has 6 nitrogen and oxygen atoms in total. The molecule has 1 aromatic rings. The van der Waals surface area contributed by atoms with E-state index in [1.54, 1.807) is 12.1 Å². The summed E-state index contributed by atoms with van der Waals surface area (Å²) in [4.78, 5) is 12.9. The minimum atomic E-state index is -0.587. The number of rotatable bonds is 6. The topological polar surface area (TPSA) is 92.3 Å². The third-order valence-corrected chi connectivity index (χ3v) is 2.38. The van der Waals surface area contributed by atoms with Crippen LogP contribution in [-0.2, 0) is 0 Å². The van der Waals surface area contributed by atoms with Crippen LogP contribution in [0.25, 0.3) is 0 Å². The first-order chi connectivity index (χ1) is 8.06. The molecule has 6 heteroatoms. The number of nitrogens with two attached hydrogens (primary N) is 1. The Bertz CT molecular complexity index is 364. The quantitative estimate of drug-likeness (QED) is 0.737. The van der Waals surface area contributed by atoms with Crippen molar-refractivity contribution in [3.63, 3.8) is 0 Å². The molecular weight excluding hydrogens is 220 g/mol. The maximum atomic E-state index is 10.9. The molecular formula is C11H18N4O2. The molecule has 0 atom stereocenters. The van der Waals surface area contributed by atoms with Gasteiger partial charge in [-0.25, -0.2) is 0 Å². The van der Waals surface area contributed by atoms with E-state index in [4.69, 9.17) is 10.8 Å². The molecule has 17 heavy (non-hydrogen) atoms. The number of hydrogen-bond donors (Lipinski definition) is 2. The van der Waals surface area contributed by atoms with E-state index in [0.717, 1.165) is 0 Å². The molecule has 0 aromatic carbocycles. The van der Waals surface area contributed by atoms with Crippen LogP contribution >= 0.6 is 0 Å². The molecule has 0 aliphatic rings. The predicted molar refractivity (Wildman–Crippen MR) is 64.7 cm³/mol. The van der Waals surface area contributed by atoms with Gasteiger partial charge in [-0.05, 0) is 32.4 Å². The zero-order valence-corrected chi connectivity index (χ0v) is 10.1. The van der Waals surface area contributed by atoms with Crippen LogP contribution in [0.5, 0.6) is 0 Å². The van der Waals surface area contributed by atoms with Crippen molar-refractivity contribution in [1.29, 1.82) is 0 Å². The molecule has 1 heterocycles. The smallest absolute Gasteiger partial charge is 0.269 e. The third-order valence-electron chi connectivity index (χ3n) is 2.38. The van der Waals surface area contributed by atoms with Crippen molar-refractivity contribution in [1.82, 2.24) is 10.2 Å². The fourth-order valence-electron chi connectivity index (χ4n) is 1.49. The minimum Gasteiger partial charge on any atom is -0.396 e. The Labute approximate surface area is 100 Å². The van der Waals surface area contributed by atoms with Gasteiger partial charge in [-0.2, -0.15) is 0 Å². The summed E-state index contributed by atoms with van der Waals surface area (Å²) in [5.41, 5.74) is 5.24. The van der Waals surface area contributed by atoms with E-state index in [9.17, 15) is 4.79 Å². The van der Waals surface area contributed by atoms with E-state index in [1.807, 2.05) is 18.7 Å². The number of aliphatic hydroxyl groups is 1. The third kappa shape index (κ3) is 3.67. The lowest BCUT2D eigenvalue weighted by molar-refractivity contribution is 0.0994. The molecule has 0 saturated carbocycles. The van der Waals surface area contributed by atoms with E-state index in [1.165, 1.54) is 0 Å². The Balaban J connectivity index is 2.83. The maximum Gasteiger partial charge on any atom is 0.269 e. The van der Waals surface area contributed by atoms with Crippen molar-refractivity contribution in [2.75, 3.05) is 18.1 Å². The first-order valence-corrected chi connectivity index (χ1v) is 5.57. The minimum absolute atomic E-state index is 0.135. The maximum absolute atomic E-state index is 10.9. The van der Waals surface area contributed by atoms with Crippen molar-refractivity contribution in [2.24, 2.45) is 5.73 Å². The van der Waals surface area contributed by atoms with E-state index in [0.29, 0.717) is 18.8 Å². The molecule has 1 aromatic heterocycles. The summed E-state index contributed by atoms with van der Waals surface area (Å²) in [6.45, 7) is 4.89. The van der Waals surface area contributed by atoms with Crippen LogP contribution in [0.1, 0.15) is 30.8 Å². The van der Waals surface area contributed by atoms with Crippen LogP contribution in [-0.4, -0.2) is 40.4 Å². The van der Waals surface area contributed by atoms with E-state index in [2.05, 4.69) is 10.2 Å². The lowest BCUT2D eigenvalue weighted by Gasteiger charge is -2.27. The first-order valence-electron chi connectivity index (χ1n) is 5.57. The van der Waals surface area contributed by atoms with Gasteiger partial charge in [0.2, 0.25) is 0 Å². The summed E-state index contributed by atoms with van der Waals surface area (Å²) in [7, 11) is 0. The Morgan fingerprint density at radius 1 is 1.47 bits per heavy atom. The zero-order chi connectivity index (χ0) is 12.8. The SMILES string of the molecule is CC(C)N(CCCO)c1ccc(C(N)=O)nn1. The van der Waals surface area contributed by atoms with Crippen LogP contribution < -0.4 is 10.6 Å². The second-order valence-electron chi connectivity index (χ2n) is 4.01. The highest BCUT2D eigenvalue weighted by Gasteiger charge is 2.12. The number of carbonyl (C=O) groups is 1.